The van der Waals surface area contributed by atoms with Crippen LogP contribution in [-0.2, 0) is 0 Å². The number of benzene rings is 1. The Morgan fingerprint density at radius 1 is 1.15 bits per heavy atom. The highest BCUT2D eigenvalue weighted by Gasteiger charge is 2.11. The molecule has 20 heavy (non-hydrogen) atoms. The second-order valence-corrected chi connectivity index (χ2v) is 7.08. The number of hydrogen-bond donors (Lipinski definition) is 1. The van der Waals surface area contributed by atoms with Crippen LogP contribution in [0.2, 0.25) is 0 Å². The predicted molar refractivity (Wildman–Crippen MR) is 93.6 cm³/mol. The quantitative estimate of drug-likeness (QED) is 0.503. The van der Waals surface area contributed by atoms with E-state index in [0.717, 1.165) is 30.9 Å². The number of aromatic amines is 1. The lowest BCUT2D eigenvalue weighted by molar-refractivity contribution is 1.16. The molecular formula is C14H8Br2N2S2. The van der Waals surface area contributed by atoms with Gasteiger partial charge in [0.25, 0.3) is 0 Å². The van der Waals surface area contributed by atoms with Gasteiger partial charge in [0.2, 0.25) is 0 Å². The van der Waals surface area contributed by atoms with Crippen LogP contribution in [-0.4, -0.2) is 9.97 Å². The van der Waals surface area contributed by atoms with E-state index in [-0.39, 0.29) is 0 Å². The van der Waals surface area contributed by atoms with Gasteiger partial charge in [-0.05, 0) is 43.5 Å². The number of rotatable bonds is 2. The average Bonchev–Trinajstić information content (AvgIpc) is 2.89. The third-order valence-corrected chi connectivity index (χ3v) is 5.76. The first-order valence-electron chi connectivity index (χ1n) is 5.75. The van der Waals surface area contributed by atoms with Crippen molar-refractivity contribution in [2.45, 2.75) is 0 Å². The van der Waals surface area contributed by atoms with Gasteiger partial charge in [0.05, 0.1) is 15.0 Å². The van der Waals surface area contributed by atoms with Crippen molar-refractivity contribution in [3.63, 3.8) is 0 Å². The van der Waals surface area contributed by atoms with Crippen LogP contribution in [0.5, 0.6) is 0 Å². The summed E-state index contributed by atoms with van der Waals surface area (Å²) in [5.41, 5.74) is 2.02. The molecule has 2 nitrogen and oxygen atoms in total. The van der Waals surface area contributed by atoms with E-state index in [1.54, 1.807) is 11.3 Å². The monoisotopic (exact) mass is 426 g/mol. The first kappa shape index (κ1) is 14.1. The van der Waals surface area contributed by atoms with Gasteiger partial charge in [-0.25, -0.2) is 4.98 Å². The van der Waals surface area contributed by atoms with Crippen LogP contribution in [0.15, 0.2) is 50.7 Å². The molecule has 0 aliphatic carbocycles. The van der Waals surface area contributed by atoms with Crippen molar-refractivity contribution in [2.75, 3.05) is 0 Å². The molecule has 0 spiro atoms. The largest absolute Gasteiger partial charge is 0.337 e. The van der Waals surface area contributed by atoms with Crippen molar-refractivity contribution in [3.05, 3.63) is 55.4 Å². The Hall–Kier alpha value is -0.820. The average molecular weight is 428 g/mol. The molecule has 100 valence electrons. The molecule has 0 aliphatic rings. The van der Waals surface area contributed by atoms with Gasteiger partial charge in [-0.2, -0.15) is 0 Å². The van der Waals surface area contributed by atoms with Crippen LogP contribution in [0, 0.1) is 4.64 Å². The molecule has 0 atom stereocenters. The summed E-state index contributed by atoms with van der Waals surface area (Å²) >= 11 is 14.0. The normalized spacial score (nSPS) is 10.7. The first-order valence-corrected chi connectivity index (χ1v) is 8.62. The van der Waals surface area contributed by atoms with E-state index in [9.17, 15) is 0 Å². The minimum absolute atomic E-state index is 0.558. The number of nitrogens with zero attached hydrogens (tertiary/aromatic N) is 1. The van der Waals surface area contributed by atoms with Gasteiger partial charge in [-0.3, -0.25) is 0 Å². The molecule has 0 aliphatic heterocycles. The van der Waals surface area contributed by atoms with Crippen molar-refractivity contribution in [2.24, 2.45) is 0 Å². The lowest BCUT2D eigenvalue weighted by Gasteiger charge is -2.07. The Balaban J connectivity index is 2.21. The number of aromatic nitrogens is 2. The zero-order valence-electron chi connectivity index (χ0n) is 10.1. The minimum atomic E-state index is 0.558. The molecule has 2 aromatic heterocycles. The van der Waals surface area contributed by atoms with Gasteiger partial charge in [0, 0.05) is 9.85 Å². The smallest absolute Gasteiger partial charge is 0.149 e. The van der Waals surface area contributed by atoms with E-state index < -0.39 is 0 Å². The molecule has 0 saturated carbocycles. The molecular weight excluding hydrogens is 420 g/mol. The number of halogens is 2. The maximum Gasteiger partial charge on any atom is 0.149 e. The molecule has 1 N–H and O–H groups in total. The van der Waals surface area contributed by atoms with E-state index in [1.165, 1.54) is 0 Å². The first-order chi connectivity index (χ1) is 9.65. The maximum atomic E-state index is 5.35. The molecule has 0 unspecified atom stereocenters. The molecule has 0 bridgehead atoms. The third kappa shape index (κ3) is 2.79. The summed E-state index contributed by atoms with van der Waals surface area (Å²) in [4.78, 5) is 8.86. The number of thiophene rings is 1. The zero-order chi connectivity index (χ0) is 14.1. The lowest BCUT2D eigenvalue weighted by atomic mass is 10.1. The summed E-state index contributed by atoms with van der Waals surface area (Å²) in [6, 6.07) is 12.1. The molecule has 0 saturated heterocycles. The Morgan fingerprint density at radius 3 is 2.55 bits per heavy atom. The Kier molecular flexibility index (Phi) is 4.16. The van der Waals surface area contributed by atoms with E-state index in [0.29, 0.717) is 4.64 Å². The second kappa shape index (κ2) is 5.89. The standard InChI is InChI=1S/C14H8Br2N2S2/c15-9-6-10(20-7-9)13-17-12(11(16)14(19)18-13)8-4-2-1-3-5-8/h1-7H,(H,17,18,19). The summed E-state index contributed by atoms with van der Waals surface area (Å²) < 4.78 is 2.42. The second-order valence-electron chi connectivity index (χ2n) is 4.07. The van der Waals surface area contributed by atoms with E-state index in [1.807, 2.05) is 41.8 Å². The van der Waals surface area contributed by atoms with E-state index >= 15 is 0 Å². The molecule has 3 rings (SSSR count). The van der Waals surface area contributed by atoms with Crippen LogP contribution in [0.1, 0.15) is 0 Å². The van der Waals surface area contributed by atoms with Gasteiger partial charge >= 0.3 is 0 Å². The molecule has 1 aromatic carbocycles. The Morgan fingerprint density at radius 2 is 1.90 bits per heavy atom. The predicted octanol–water partition coefficient (Wildman–Crippen LogP) is 6.06. The highest BCUT2D eigenvalue weighted by molar-refractivity contribution is 9.11. The van der Waals surface area contributed by atoms with Gasteiger partial charge in [-0.15, -0.1) is 11.3 Å². The number of H-pyrrole nitrogens is 1. The molecule has 6 heteroatoms. The third-order valence-electron chi connectivity index (χ3n) is 2.73. The van der Waals surface area contributed by atoms with Crippen molar-refractivity contribution in [1.29, 1.82) is 0 Å². The summed E-state index contributed by atoms with van der Waals surface area (Å²) in [5, 5.41) is 2.03. The van der Waals surface area contributed by atoms with E-state index in [2.05, 4.69) is 41.8 Å². The van der Waals surface area contributed by atoms with Gasteiger partial charge in [0.15, 0.2) is 0 Å². The van der Waals surface area contributed by atoms with Crippen molar-refractivity contribution in [1.82, 2.24) is 9.97 Å². The van der Waals surface area contributed by atoms with E-state index in [4.69, 9.17) is 12.2 Å². The highest BCUT2D eigenvalue weighted by atomic mass is 79.9. The van der Waals surface area contributed by atoms with Gasteiger partial charge in [0.1, 0.15) is 10.5 Å². The number of hydrogen-bond acceptors (Lipinski definition) is 3. The SMILES string of the molecule is S=c1nc(-c2cc(Br)cs2)[nH]c(-c2ccccc2)c1Br. The fraction of sp³-hybridized carbons (Fsp3) is 0. The molecule has 0 amide bonds. The summed E-state index contributed by atoms with van der Waals surface area (Å²) in [5.74, 6) is 0.785. The van der Waals surface area contributed by atoms with Gasteiger partial charge < -0.3 is 4.98 Å². The summed E-state index contributed by atoms with van der Waals surface area (Å²) in [6.07, 6.45) is 0. The molecule has 0 fully saturated rings. The van der Waals surface area contributed by atoms with Crippen LogP contribution in [0.3, 0.4) is 0 Å². The van der Waals surface area contributed by atoms with Gasteiger partial charge in [-0.1, -0.05) is 42.5 Å². The summed E-state index contributed by atoms with van der Waals surface area (Å²) in [7, 11) is 0. The fourth-order valence-electron chi connectivity index (χ4n) is 1.82. The van der Waals surface area contributed by atoms with Crippen molar-refractivity contribution >= 4 is 55.4 Å². The lowest BCUT2D eigenvalue weighted by Crippen LogP contribution is -1.93. The van der Waals surface area contributed by atoms with Crippen molar-refractivity contribution in [3.8, 4) is 22.0 Å². The van der Waals surface area contributed by atoms with Crippen LogP contribution >= 0.6 is 55.4 Å². The topological polar surface area (TPSA) is 28.7 Å². The fourth-order valence-corrected chi connectivity index (χ4v) is 3.80. The Labute approximate surface area is 142 Å². The number of nitrogens with one attached hydrogen (secondary N) is 1. The highest BCUT2D eigenvalue weighted by Crippen LogP contribution is 2.32. The molecule has 0 radical (unpaired) electrons. The minimum Gasteiger partial charge on any atom is -0.337 e. The zero-order valence-corrected chi connectivity index (χ0v) is 14.9. The molecule has 3 aromatic rings. The van der Waals surface area contributed by atoms with Crippen LogP contribution in [0.4, 0.5) is 0 Å². The molecule has 2 heterocycles. The Bertz CT molecular complexity index is 810. The van der Waals surface area contributed by atoms with Crippen LogP contribution < -0.4 is 0 Å². The van der Waals surface area contributed by atoms with Crippen LogP contribution in [0.25, 0.3) is 22.0 Å². The van der Waals surface area contributed by atoms with Crippen molar-refractivity contribution < 1.29 is 0 Å². The maximum absolute atomic E-state index is 5.35. The summed E-state index contributed by atoms with van der Waals surface area (Å²) in [6.45, 7) is 0.